The molecular formula is C15H16FN5O. The number of rotatable bonds is 2. The van der Waals surface area contributed by atoms with Crippen molar-refractivity contribution in [2.24, 2.45) is 11.8 Å². The molecular weight excluding hydrogens is 285 g/mol. The van der Waals surface area contributed by atoms with Crippen LogP contribution in [0.15, 0.2) is 30.6 Å². The third-order valence-electron chi connectivity index (χ3n) is 4.52. The number of carbonyl (C=O) groups is 1. The molecule has 2 atom stereocenters. The molecule has 4 rings (SSSR count). The Balaban J connectivity index is 1.69. The molecule has 1 N–H and O–H groups in total. The quantitative estimate of drug-likeness (QED) is 0.887. The van der Waals surface area contributed by atoms with Gasteiger partial charge in [0.15, 0.2) is 0 Å². The fourth-order valence-electron chi connectivity index (χ4n) is 3.41. The maximum Gasteiger partial charge on any atom is 0.259 e. The Hall–Kier alpha value is -2.28. The van der Waals surface area contributed by atoms with E-state index >= 15 is 0 Å². The van der Waals surface area contributed by atoms with E-state index in [1.807, 2.05) is 0 Å². The van der Waals surface area contributed by atoms with E-state index in [4.69, 9.17) is 0 Å². The number of fused-ring (bicyclic) bond motifs is 1. The summed E-state index contributed by atoms with van der Waals surface area (Å²) in [4.78, 5) is 15.8. The average Bonchev–Trinajstić information content (AvgIpc) is 3.22. The first-order valence-corrected chi connectivity index (χ1v) is 7.39. The van der Waals surface area contributed by atoms with Gasteiger partial charge in [-0.2, -0.15) is 15.0 Å². The van der Waals surface area contributed by atoms with Crippen LogP contribution in [0, 0.1) is 17.7 Å². The predicted molar refractivity (Wildman–Crippen MR) is 77.1 cm³/mol. The Bertz CT molecular complexity index is 690. The molecule has 22 heavy (non-hydrogen) atoms. The summed E-state index contributed by atoms with van der Waals surface area (Å²) in [5.41, 5.74) is 0.428. The van der Waals surface area contributed by atoms with E-state index in [2.05, 4.69) is 15.5 Å². The van der Waals surface area contributed by atoms with Gasteiger partial charge in [0.05, 0.1) is 12.4 Å². The summed E-state index contributed by atoms with van der Waals surface area (Å²) in [5, 5.41) is 11.4. The molecule has 2 aliphatic rings. The maximum atomic E-state index is 14.3. The third-order valence-corrected chi connectivity index (χ3v) is 4.52. The van der Waals surface area contributed by atoms with E-state index in [1.54, 1.807) is 17.0 Å². The van der Waals surface area contributed by atoms with Crippen LogP contribution in [0.1, 0.15) is 10.4 Å². The summed E-state index contributed by atoms with van der Waals surface area (Å²) < 4.78 is 14.3. The molecule has 0 spiro atoms. The van der Waals surface area contributed by atoms with Crippen LogP contribution in [-0.2, 0) is 0 Å². The zero-order valence-corrected chi connectivity index (χ0v) is 11.9. The van der Waals surface area contributed by atoms with Crippen molar-refractivity contribution in [3.05, 3.63) is 42.0 Å². The van der Waals surface area contributed by atoms with Crippen molar-refractivity contribution in [2.45, 2.75) is 0 Å². The fourth-order valence-corrected chi connectivity index (χ4v) is 3.41. The molecule has 2 aromatic rings. The van der Waals surface area contributed by atoms with E-state index in [9.17, 15) is 9.18 Å². The molecule has 0 radical (unpaired) electrons. The lowest BCUT2D eigenvalue weighted by Gasteiger charge is -2.19. The molecule has 1 aromatic carbocycles. The first kappa shape index (κ1) is 13.4. The zero-order valence-electron chi connectivity index (χ0n) is 11.9. The van der Waals surface area contributed by atoms with Gasteiger partial charge in [-0.3, -0.25) is 4.79 Å². The highest BCUT2D eigenvalue weighted by molar-refractivity contribution is 5.98. The van der Waals surface area contributed by atoms with Gasteiger partial charge in [0, 0.05) is 26.2 Å². The van der Waals surface area contributed by atoms with Crippen molar-refractivity contribution in [1.29, 1.82) is 0 Å². The van der Waals surface area contributed by atoms with Gasteiger partial charge < -0.3 is 10.2 Å². The lowest BCUT2D eigenvalue weighted by atomic mass is 10.0. The smallest absolute Gasteiger partial charge is 0.259 e. The number of aromatic nitrogens is 3. The van der Waals surface area contributed by atoms with Crippen LogP contribution < -0.4 is 5.32 Å². The van der Waals surface area contributed by atoms with Crippen molar-refractivity contribution in [2.75, 3.05) is 26.2 Å². The van der Waals surface area contributed by atoms with Gasteiger partial charge in [0.2, 0.25) is 0 Å². The molecule has 7 heteroatoms. The third kappa shape index (κ3) is 2.09. The molecule has 1 aromatic heterocycles. The van der Waals surface area contributed by atoms with Crippen LogP contribution in [0.2, 0.25) is 0 Å². The normalized spacial score (nSPS) is 23.8. The number of amides is 1. The number of benzene rings is 1. The average molecular weight is 301 g/mol. The molecule has 2 aliphatic heterocycles. The minimum absolute atomic E-state index is 0.0478. The molecule has 3 heterocycles. The van der Waals surface area contributed by atoms with E-state index in [0.717, 1.165) is 13.1 Å². The molecule has 2 fully saturated rings. The Kier molecular flexibility index (Phi) is 3.15. The predicted octanol–water partition coefficient (Wildman–Crippen LogP) is 0.698. The van der Waals surface area contributed by atoms with Gasteiger partial charge in [0.25, 0.3) is 5.91 Å². The number of halogens is 1. The Morgan fingerprint density at radius 3 is 2.55 bits per heavy atom. The van der Waals surface area contributed by atoms with Gasteiger partial charge in [-0.25, -0.2) is 4.39 Å². The van der Waals surface area contributed by atoms with E-state index < -0.39 is 5.82 Å². The highest BCUT2D eigenvalue weighted by Crippen LogP contribution is 2.29. The van der Waals surface area contributed by atoms with Gasteiger partial charge in [-0.1, -0.05) is 6.07 Å². The van der Waals surface area contributed by atoms with Crippen LogP contribution in [0.3, 0.4) is 0 Å². The summed E-state index contributed by atoms with van der Waals surface area (Å²) >= 11 is 0. The van der Waals surface area contributed by atoms with Gasteiger partial charge >= 0.3 is 0 Å². The fraction of sp³-hybridized carbons (Fsp3) is 0.400. The number of nitrogens with one attached hydrogen (secondary N) is 1. The number of hydrogen-bond acceptors (Lipinski definition) is 4. The summed E-state index contributed by atoms with van der Waals surface area (Å²) in [7, 11) is 0. The second-order valence-electron chi connectivity index (χ2n) is 5.84. The molecule has 2 unspecified atom stereocenters. The van der Waals surface area contributed by atoms with Crippen molar-refractivity contribution in [1.82, 2.24) is 25.2 Å². The Morgan fingerprint density at radius 2 is 1.86 bits per heavy atom. The standard InChI is InChI=1S/C15H16FN5O/c16-12-2-1-3-13(21-18-4-5-19-21)14(12)15(22)20-8-10-6-17-7-11(10)9-20/h1-5,10-11,17H,6-9H2. The zero-order chi connectivity index (χ0) is 15.1. The number of carbonyl (C=O) groups excluding carboxylic acids is 1. The highest BCUT2D eigenvalue weighted by Gasteiger charge is 2.39. The number of hydrogen-bond donors (Lipinski definition) is 1. The molecule has 0 aliphatic carbocycles. The first-order chi connectivity index (χ1) is 10.7. The highest BCUT2D eigenvalue weighted by atomic mass is 19.1. The van der Waals surface area contributed by atoms with Crippen LogP contribution in [0.5, 0.6) is 0 Å². The van der Waals surface area contributed by atoms with Crippen LogP contribution in [0.4, 0.5) is 4.39 Å². The van der Waals surface area contributed by atoms with Crippen molar-refractivity contribution in [3.8, 4) is 5.69 Å². The molecule has 1 amide bonds. The summed E-state index contributed by atoms with van der Waals surface area (Å²) in [5.74, 6) is 0.138. The van der Waals surface area contributed by atoms with Gasteiger partial charge in [0.1, 0.15) is 17.1 Å². The summed E-state index contributed by atoms with van der Waals surface area (Å²) in [6.45, 7) is 3.21. The summed E-state index contributed by atoms with van der Waals surface area (Å²) in [6, 6.07) is 4.53. The second-order valence-corrected chi connectivity index (χ2v) is 5.84. The van der Waals surface area contributed by atoms with Crippen LogP contribution in [-0.4, -0.2) is 52.0 Å². The van der Waals surface area contributed by atoms with E-state index in [-0.39, 0.29) is 11.5 Å². The molecule has 0 saturated carbocycles. The van der Waals surface area contributed by atoms with E-state index in [0.29, 0.717) is 30.6 Å². The molecule has 114 valence electrons. The minimum atomic E-state index is -0.532. The molecule has 2 saturated heterocycles. The minimum Gasteiger partial charge on any atom is -0.338 e. The van der Waals surface area contributed by atoms with Crippen molar-refractivity contribution >= 4 is 5.91 Å². The Labute approximate surface area is 126 Å². The van der Waals surface area contributed by atoms with Gasteiger partial charge in [-0.15, -0.1) is 0 Å². The lowest BCUT2D eigenvalue weighted by molar-refractivity contribution is 0.0776. The van der Waals surface area contributed by atoms with Crippen molar-refractivity contribution in [3.63, 3.8) is 0 Å². The second kappa shape index (κ2) is 5.17. The summed E-state index contributed by atoms with van der Waals surface area (Å²) in [6.07, 6.45) is 3.01. The monoisotopic (exact) mass is 301 g/mol. The van der Waals surface area contributed by atoms with Crippen LogP contribution in [0.25, 0.3) is 5.69 Å². The van der Waals surface area contributed by atoms with Crippen LogP contribution >= 0.6 is 0 Å². The SMILES string of the molecule is O=C(c1c(F)cccc1-n1nccn1)N1CC2CNCC2C1. The van der Waals surface area contributed by atoms with Gasteiger partial charge in [-0.05, 0) is 24.0 Å². The topological polar surface area (TPSA) is 63.1 Å². The maximum absolute atomic E-state index is 14.3. The largest absolute Gasteiger partial charge is 0.338 e. The molecule has 0 bridgehead atoms. The molecule has 6 nitrogen and oxygen atoms in total. The number of nitrogens with zero attached hydrogens (tertiary/aromatic N) is 4. The lowest BCUT2D eigenvalue weighted by Crippen LogP contribution is -2.33. The van der Waals surface area contributed by atoms with Crippen molar-refractivity contribution < 1.29 is 9.18 Å². The first-order valence-electron chi connectivity index (χ1n) is 7.39. The van der Waals surface area contributed by atoms with E-state index in [1.165, 1.54) is 23.3 Å². The Morgan fingerprint density at radius 1 is 1.18 bits per heavy atom. The number of likely N-dealkylation sites (tertiary alicyclic amines) is 1.